The van der Waals surface area contributed by atoms with E-state index in [-0.39, 0.29) is 12.6 Å². The Morgan fingerprint density at radius 3 is 2.68 bits per heavy atom. The molecule has 0 unspecified atom stereocenters. The number of pyridine rings is 1. The second-order valence-electron chi connectivity index (χ2n) is 8.48. The zero-order valence-corrected chi connectivity index (χ0v) is 19.6. The number of aromatic amines is 1. The number of rotatable bonds is 8. The van der Waals surface area contributed by atoms with Gasteiger partial charge in [-0.2, -0.15) is 5.10 Å². The van der Waals surface area contributed by atoms with Gasteiger partial charge in [0.05, 0.1) is 15.9 Å². The maximum atomic E-state index is 13.6. The van der Waals surface area contributed by atoms with Crippen LogP contribution >= 0.6 is 11.3 Å². The SMILES string of the molecule is C[Si](C)(C)CCOCN(C(=O)c1n[nH]c2ccc(-c3cncs3)cc12)c1ccncc1. The lowest BCUT2D eigenvalue weighted by Crippen LogP contribution is -2.34. The van der Waals surface area contributed by atoms with Gasteiger partial charge in [0.2, 0.25) is 0 Å². The minimum atomic E-state index is -1.22. The van der Waals surface area contributed by atoms with Crippen LogP contribution < -0.4 is 4.90 Å². The number of nitrogens with one attached hydrogen (secondary N) is 1. The van der Waals surface area contributed by atoms with Gasteiger partial charge in [0.25, 0.3) is 5.91 Å². The summed E-state index contributed by atoms with van der Waals surface area (Å²) >= 11 is 1.56. The van der Waals surface area contributed by atoms with Crippen LogP contribution in [0, 0.1) is 0 Å². The van der Waals surface area contributed by atoms with Gasteiger partial charge in [-0.3, -0.25) is 24.8 Å². The largest absolute Gasteiger partial charge is 0.361 e. The maximum Gasteiger partial charge on any atom is 0.281 e. The molecule has 4 aromatic rings. The van der Waals surface area contributed by atoms with Crippen LogP contribution in [-0.2, 0) is 4.74 Å². The lowest BCUT2D eigenvalue weighted by Gasteiger charge is -2.23. The van der Waals surface area contributed by atoms with Crippen molar-refractivity contribution >= 4 is 41.9 Å². The molecule has 0 saturated heterocycles. The van der Waals surface area contributed by atoms with Crippen LogP contribution in [0.3, 0.4) is 0 Å². The van der Waals surface area contributed by atoms with E-state index >= 15 is 0 Å². The molecule has 0 aliphatic carbocycles. The number of benzene rings is 1. The fraction of sp³-hybridized carbons (Fsp3) is 0.273. The number of aromatic nitrogens is 4. The van der Waals surface area contributed by atoms with Crippen molar-refractivity contribution in [1.82, 2.24) is 20.2 Å². The number of anilines is 1. The quantitative estimate of drug-likeness (QED) is 0.230. The van der Waals surface area contributed by atoms with E-state index < -0.39 is 8.07 Å². The van der Waals surface area contributed by atoms with Gasteiger partial charge in [0.15, 0.2) is 5.69 Å². The summed E-state index contributed by atoms with van der Waals surface area (Å²) in [6.07, 6.45) is 5.16. The monoisotopic (exact) mass is 451 g/mol. The molecule has 9 heteroatoms. The summed E-state index contributed by atoms with van der Waals surface area (Å²) in [5.41, 5.74) is 4.71. The van der Waals surface area contributed by atoms with E-state index in [0.717, 1.165) is 33.1 Å². The van der Waals surface area contributed by atoms with E-state index in [1.807, 2.05) is 24.4 Å². The average Bonchev–Trinajstić information content (AvgIpc) is 3.43. The number of nitrogens with zero attached hydrogens (tertiary/aromatic N) is 4. The van der Waals surface area contributed by atoms with Crippen LogP contribution in [0.15, 0.2) is 54.4 Å². The summed E-state index contributed by atoms with van der Waals surface area (Å²) in [6.45, 7) is 7.70. The summed E-state index contributed by atoms with van der Waals surface area (Å²) in [6, 6.07) is 10.6. The fourth-order valence-corrected chi connectivity index (χ4v) is 4.50. The Bertz CT molecular complexity index is 1160. The van der Waals surface area contributed by atoms with Crippen LogP contribution in [0.4, 0.5) is 5.69 Å². The van der Waals surface area contributed by atoms with E-state index in [0.29, 0.717) is 12.3 Å². The third kappa shape index (κ3) is 5.06. The molecule has 1 aromatic carbocycles. The summed E-state index contributed by atoms with van der Waals surface area (Å²) < 4.78 is 5.91. The highest BCUT2D eigenvalue weighted by atomic mass is 32.1. The number of carbonyl (C=O) groups excluding carboxylic acids is 1. The number of ether oxygens (including phenoxy) is 1. The first kappa shape index (κ1) is 21.4. The summed E-state index contributed by atoms with van der Waals surface area (Å²) in [7, 11) is -1.22. The van der Waals surface area contributed by atoms with Crippen LogP contribution in [0.1, 0.15) is 10.5 Å². The summed E-state index contributed by atoms with van der Waals surface area (Å²) in [5, 5.41) is 8.09. The highest BCUT2D eigenvalue weighted by molar-refractivity contribution is 7.13. The third-order valence-corrected chi connectivity index (χ3v) is 7.44. The van der Waals surface area contributed by atoms with Gasteiger partial charge in [0.1, 0.15) is 6.73 Å². The molecule has 7 nitrogen and oxygen atoms in total. The Morgan fingerprint density at radius 2 is 1.97 bits per heavy atom. The predicted octanol–water partition coefficient (Wildman–Crippen LogP) is 5.04. The minimum absolute atomic E-state index is 0.163. The second kappa shape index (κ2) is 9.09. The zero-order chi connectivity index (χ0) is 21.8. The maximum absolute atomic E-state index is 13.6. The van der Waals surface area contributed by atoms with Crippen molar-refractivity contribution in [3.8, 4) is 10.4 Å². The Hall–Kier alpha value is -2.88. The molecule has 4 rings (SSSR count). The van der Waals surface area contributed by atoms with Crippen molar-refractivity contribution in [2.45, 2.75) is 25.7 Å². The number of hydrogen-bond acceptors (Lipinski definition) is 6. The van der Waals surface area contributed by atoms with Crippen molar-refractivity contribution in [2.24, 2.45) is 0 Å². The molecule has 0 aliphatic heterocycles. The van der Waals surface area contributed by atoms with Gasteiger partial charge in [0, 0.05) is 44.3 Å². The smallest absolute Gasteiger partial charge is 0.281 e. The van der Waals surface area contributed by atoms with Crippen LogP contribution in [-0.4, -0.2) is 47.5 Å². The molecule has 0 fully saturated rings. The van der Waals surface area contributed by atoms with E-state index in [4.69, 9.17) is 4.74 Å². The molecule has 31 heavy (non-hydrogen) atoms. The molecule has 0 spiro atoms. The molecule has 0 aliphatic rings. The normalized spacial score (nSPS) is 11.7. The lowest BCUT2D eigenvalue weighted by atomic mass is 10.1. The first-order chi connectivity index (χ1) is 14.9. The molecule has 160 valence electrons. The number of carbonyl (C=O) groups is 1. The molecule has 0 atom stereocenters. The van der Waals surface area contributed by atoms with Crippen LogP contribution in [0.2, 0.25) is 25.7 Å². The standard InChI is InChI=1S/C22H25N5O2SSi/c1-31(2,3)11-10-29-15-27(17-6-8-23-9-7-17)22(28)21-18-12-16(20-13-24-14-30-20)4-5-19(18)25-26-21/h4-9,12-14H,10-11,15H2,1-3H3,(H,25,26). The van der Waals surface area contributed by atoms with Gasteiger partial charge in [-0.1, -0.05) is 25.7 Å². The molecule has 0 saturated carbocycles. The van der Waals surface area contributed by atoms with Crippen molar-refractivity contribution in [2.75, 3.05) is 18.2 Å². The first-order valence-corrected chi connectivity index (χ1v) is 14.7. The minimum Gasteiger partial charge on any atom is -0.361 e. The van der Waals surface area contributed by atoms with E-state index in [1.54, 1.807) is 46.3 Å². The Morgan fingerprint density at radius 1 is 1.16 bits per heavy atom. The Kier molecular flexibility index (Phi) is 6.26. The van der Waals surface area contributed by atoms with Crippen LogP contribution in [0.25, 0.3) is 21.3 Å². The molecule has 3 heterocycles. The Balaban J connectivity index is 1.63. The molecule has 3 aromatic heterocycles. The van der Waals surface area contributed by atoms with Gasteiger partial charge >= 0.3 is 0 Å². The van der Waals surface area contributed by atoms with Crippen molar-refractivity contribution in [3.63, 3.8) is 0 Å². The highest BCUT2D eigenvalue weighted by Gasteiger charge is 2.23. The summed E-state index contributed by atoms with van der Waals surface area (Å²) in [5.74, 6) is -0.216. The topological polar surface area (TPSA) is 84.0 Å². The first-order valence-electron chi connectivity index (χ1n) is 10.1. The molecule has 1 N–H and O–H groups in total. The van der Waals surface area contributed by atoms with E-state index in [2.05, 4.69) is 39.8 Å². The average molecular weight is 452 g/mol. The van der Waals surface area contributed by atoms with Crippen molar-refractivity contribution in [3.05, 3.63) is 60.1 Å². The molecule has 1 amide bonds. The summed E-state index contributed by atoms with van der Waals surface area (Å²) in [4.78, 5) is 24.4. The van der Waals surface area contributed by atoms with Gasteiger partial charge in [-0.05, 0) is 35.9 Å². The molecular formula is C22H25N5O2SSi. The fourth-order valence-electron chi connectivity index (χ4n) is 3.13. The predicted molar refractivity (Wildman–Crippen MR) is 127 cm³/mol. The van der Waals surface area contributed by atoms with Gasteiger partial charge < -0.3 is 4.74 Å². The van der Waals surface area contributed by atoms with Gasteiger partial charge in [-0.25, -0.2) is 0 Å². The molecule has 0 radical (unpaired) electrons. The van der Waals surface area contributed by atoms with Crippen molar-refractivity contribution in [1.29, 1.82) is 0 Å². The number of hydrogen-bond donors (Lipinski definition) is 1. The van der Waals surface area contributed by atoms with Crippen LogP contribution in [0.5, 0.6) is 0 Å². The highest BCUT2D eigenvalue weighted by Crippen LogP contribution is 2.29. The number of amides is 1. The third-order valence-electron chi connectivity index (χ3n) is 4.92. The lowest BCUT2D eigenvalue weighted by molar-refractivity contribution is 0.0897. The van der Waals surface area contributed by atoms with Gasteiger partial charge in [-0.15, -0.1) is 11.3 Å². The second-order valence-corrected chi connectivity index (χ2v) is 15.0. The molecular weight excluding hydrogens is 426 g/mol. The van der Waals surface area contributed by atoms with E-state index in [1.165, 1.54) is 0 Å². The number of thiazole rings is 1. The molecule has 0 bridgehead atoms. The van der Waals surface area contributed by atoms with E-state index in [9.17, 15) is 4.79 Å². The number of H-pyrrole nitrogens is 1. The van der Waals surface area contributed by atoms with Crippen molar-refractivity contribution < 1.29 is 9.53 Å². The number of fused-ring (bicyclic) bond motifs is 1. The Labute approximate surface area is 186 Å². The zero-order valence-electron chi connectivity index (χ0n) is 17.8.